The Labute approximate surface area is 117 Å². The van der Waals surface area contributed by atoms with Crippen molar-refractivity contribution in [1.29, 1.82) is 0 Å². The minimum atomic E-state index is -0.497. The fourth-order valence-corrected chi connectivity index (χ4v) is 2.44. The van der Waals surface area contributed by atoms with Crippen molar-refractivity contribution in [2.45, 2.75) is 19.8 Å². The van der Waals surface area contributed by atoms with Gasteiger partial charge in [-0.2, -0.15) is 0 Å². The summed E-state index contributed by atoms with van der Waals surface area (Å²) in [6.45, 7) is 4.99. The van der Waals surface area contributed by atoms with Gasteiger partial charge in [0.15, 0.2) is 0 Å². The molecule has 0 atom stereocenters. The van der Waals surface area contributed by atoms with E-state index in [0.717, 1.165) is 25.9 Å². The van der Waals surface area contributed by atoms with Crippen molar-refractivity contribution < 1.29 is 0 Å². The molecule has 0 unspecified atom stereocenters. The molecular formula is C13H23N5O2. The van der Waals surface area contributed by atoms with Crippen LogP contribution in [0, 0.1) is 5.41 Å². The third-order valence-electron chi connectivity index (χ3n) is 4.26. The minimum absolute atomic E-state index is 0.139. The second kappa shape index (κ2) is 5.32. The SMILES string of the molecule is CN1CCC(C)(CNc2c(N)n(C)c(=O)[nH]c2=O)CC1. The van der Waals surface area contributed by atoms with Gasteiger partial charge in [0.2, 0.25) is 0 Å². The first kappa shape index (κ1) is 14.6. The number of piperidine rings is 1. The van der Waals surface area contributed by atoms with Crippen LogP contribution in [0.25, 0.3) is 0 Å². The van der Waals surface area contributed by atoms with Crippen LogP contribution < -0.4 is 22.3 Å². The van der Waals surface area contributed by atoms with Crippen LogP contribution in [0.15, 0.2) is 9.59 Å². The zero-order valence-electron chi connectivity index (χ0n) is 12.3. The Balaban J connectivity index is 2.14. The predicted octanol–water partition coefficient (Wildman–Crippen LogP) is -0.200. The van der Waals surface area contributed by atoms with E-state index in [0.29, 0.717) is 6.54 Å². The number of aromatic nitrogens is 2. The van der Waals surface area contributed by atoms with Crippen molar-refractivity contribution in [3.8, 4) is 0 Å². The van der Waals surface area contributed by atoms with E-state index in [1.807, 2.05) is 0 Å². The van der Waals surface area contributed by atoms with Crippen LogP contribution >= 0.6 is 0 Å². The van der Waals surface area contributed by atoms with E-state index in [1.54, 1.807) is 0 Å². The summed E-state index contributed by atoms with van der Waals surface area (Å²) in [5.74, 6) is 0.176. The van der Waals surface area contributed by atoms with Gasteiger partial charge in [-0.1, -0.05) is 6.92 Å². The number of likely N-dealkylation sites (tertiary alicyclic amines) is 1. The maximum Gasteiger partial charge on any atom is 0.329 e. The number of hydrogen-bond acceptors (Lipinski definition) is 5. The molecule has 1 aromatic heterocycles. The topological polar surface area (TPSA) is 96.2 Å². The van der Waals surface area contributed by atoms with Crippen LogP contribution in [0.4, 0.5) is 11.5 Å². The summed E-state index contributed by atoms with van der Waals surface area (Å²) in [5, 5.41) is 3.13. The molecular weight excluding hydrogens is 258 g/mol. The number of nitrogens with two attached hydrogens (primary N) is 1. The van der Waals surface area contributed by atoms with Gasteiger partial charge in [0.1, 0.15) is 11.5 Å². The van der Waals surface area contributed by atoms with Crippen molar-refractivity contribution in [3.05, 3.63) is 20.8 Å². The van der Waals surface area contributed by atoms with Gasteiger partial charge in [-0.25, -0.2) is 4.79 Å². The normalized spacial score (nSPS) is 18.9. The quantitative estimate of drug-likeness (QED) is 0.713. The van der Waals surface area contributed by atoms with Crippen LogP contribution in [-0.2, 0) is 7.05 Å². The van der Waals surface area contributed by atoms with E-state index < -0.39 is 11.2 Å². The minimum Gasteiger partial charge on any atom is -0.383 e. The fraction of sp³-hybridized carbons (Fsp3) is 0.692. The summed E-state index contributed by atoms with van der Waals surface area (Å²) in [6.07, 6.45) is 2.14. The van der Waals surface area contributed by atoms with Gasteiger partial charge in [-0.05, 0) is 38.4 Å². The number of nitrogen functional groups attached to an aromatic ring is 1. The second-order valence-electron chi connectivity index (χ2n) is 6.05. The third-order valence-corrected chi connectivity index (χ3v) is 4.26. The molecule has 4 N–H and O–H groups in total. The first-order valence-electron chi connectivity index (χ1n) is 6.84. The monoisotopic (exact) mass is 281 g/mol. The number of anilines is 2. The summed E-state index contributed by atoms with van der Waals surface area (Å²) >= 11 is 0. The van der Waals surface area contributed by atoms with Crippen molar-refractivity contribution in [2.75, 3.05) is 37.7 Å². The molecule has 7 nitrogen and oxygen atoms in total. The molecule has 0 amide bonds. The summed E-state index contributed by atoms with van der Waals surface area (Å²) in [5.41, 5.74) is 5.31. The highest BCUT2D eigenvalue weighted by atomic mass is 16.2. The molecule has 0 saturated carbocycles. The molecule has 0 aromatic carbocycles. The fourth-order valence-electron chi connectivity index (χ4n) is 2.44. The summed E-state index contributed by atoms with van der Waals surface area (Å²) in [6, 6.07) is 0. The molecule has 0 spiro atoms. The summed E-state index contributed by atoms with van der Waals surface area (Å²) < 4.78 is 1.24. The van der Waals surface area contributed by atoms with Crippen LogP contribution in [0.5, 0.6) is 0 Å². The van der Waals surface area contributed by atoms with E-state index in [9.17, 15) is 9.59 Å². The number of hydrogen-bond donors (Lipinski definition) is 3. The smallest absolute Gasteiger partial charge is 0.329 e. The highest BCUT2D eigenvalue weighted by molar-refractivity contribution is 5.60. The van der Waals surface area contributed by atoms with E-state index in [1.165, 1.54) is 11.6 Å². The maximum absolute atomic E-state index is 11.8. The zero-order valence-corrected chi connectivity index (χ0v) is 12.3. The second-order valence-corrected chi connectivity index (χ2v) is 6.05. The standard InChI is InChI=1S/C13H23N5O2/c1-13(4-6-17(2)7-5-13)8-15-9-10(14)18(3)12(20)16-11(9)19/h15H,4-8,14H2,1-3H3,(H,16,19,20). The average Bonchev–Trinajstić information content (AvgIpc) is 2.40. The van der Waals surface area contributed by atoms with Crippen LogP contribution in [0.1, 0.15) is 19.8 Å². The Morgan fingerprint density at radius 2 is 1.90 bits per heavy atom. The summed E-state index contributed by atoms with van der Waals surface area (Å²) in [7, 11) is 3.65. The van der Waals surface area contributed by atoms with Crippen LogP contribution in [0.2, 0.25) is 0 Å². The molecule has 112 valence electrons. The molecule has 1 aromatic rings. The molecule has 7 heteroatoms. The summed E-state index contributed by atoms with van der Waals surface area (Å²) in [4.78, 5) is 27.8. The van der Waals surface area contributed by atoms with Crippen LogP contribution in [0.3, 0.4) is 0 Å². The van der Waals surface area contributed by atoms with Crippen molar-refractivity contribution >= 4 is 11.5 Å². The van der Waals surface area contributed by atoms with Gasteiger partial charge in [0.05, 0.1) is 0 Å². The van der Waals surface area contributed by atoms with E-state index in [4.69, 9.17) is 5.73 Å². The molecule has 1 aliphatic rings. The number of rotatable bonds is 3. The lowest BCUT2D eigenvalue weighted by molar-refractivity contribution is 0.150. The van der Waals surface area contributed by atoms with E-state index >= 15 is 0 Å². The Hall–Kier alpha value is -1.76. The molecule has 1 fully saturated rings. The highest BCUT2D eigenvalue weighted by Gasteiger charge is 2.29. The Morgan fingerprint density at radius 3 is 2.50 bits per heavy atom. The molecule has 1 saturated heterocycles. The lowest BCUT2D eigenvalue weighted by atomic mass is 9.80. The first-order chi connectivity index (χ1) is 9.32. The Morgan fingerprint density at radius 1 is 1.30 bits per heavy atom. The first-order valence-corrected chi connectivity index (χ1v) is 6.84. The molecule has 0 aliphatic carbocycles. The Bertz CT molecular complexity index is 596. The van der Waals surface area contributed by atoms with E-state index in [-0.39, 0.29) is 16.9 Å². The third kappa shape index (κ3) is 2.87. The lowest BCUT2D eigenvalue weighted by Gasteiger charge is -2.38. The molecule has 2 rings (SSSR count). The van der Waals surface area contributed by atoms with Crippen molar-refractivity contribution in [2.24, 2.45) is 12.5 Å². The highest BCUT2D eigenvalue weighted by Crippen LogP contribution is 2.30. The van der Waals surface area contributed by atoms with Crippen LogP contribution in [-0.4, -0.2) is 41.1 Å². The average molecular weight is 281 g/mol. The van der Waals surface area contributed by atoms with Gasteiger partial charge in [-0.15, -0.1) is 0 Å². The number of H-pyrrole nitrogens is 1. The molecule has 20 heavy (non-hydrogen) atoms. The number of nitrogens with one attached hydrogen (secondary N) is 2. The van der Waals surface area contributed by atoms with Gasteiger partial charge in [-0.3, -0.25) is 14.3 Å². The van der Waals surface area contributed by atoms with Crippen molar-refractivity contribution in [1.82, 2.24) is 14.5 Å². The zero-order chi connectivity index (χ0) is 14.9. The van der Waals surface area contributed by atoms with Gasteiger partial charge < -0.3 is 16.0 Å². The molecule has 1 aliphatic heterocycles. The molecule has 2 heterocycles. The molecule has 0 radical (unpaired) electrons. The number of nitrogens with zero attached hydrogens (tertiary/aromatic N) is 2. The Kier molecular flexibility index (Phi) is 3.89. The van der Waals surface area contributed by atoms with Gasteiger partial charge >= 0.3 is 5.69 Å². The predicted molar refractivity (Wildman–Crippen MR) is 80.0 cm³/mol. The molecule has 0 bridgehead atoms. The van der Waals surface area contributed by atoms with Crippen molar-refractivity contribution in [3.63, 3.8) is 0 Å². The van der Waals surface area contributed by atoms with Gasteiger partial charge in [0, 0.05) is 13.6 Å². The van der Waals surface area contributed by atoms with Gasteiger partial charge in [0.25, 0.3) is 5.56 Å². The number of aromatic amines is 1. The largest absolute Gasteiger partial charge is 0.383 e. The van der Waals surface area contributed by atoms with E-state index in [2.05, 4.69) is 29.2 Å². The maximum atomic E-state index is 11.8. The lowest BCUT2D eigenvalue weighted by Crippen LogP contribution is -2.41.